The maximum atomic E-state index is 13.3. The average Bonchev–Trinajstić information content (AvgIpc) is 3.22. The van der Waals surface area contributed by atoms with E-state index in [-0.39, 0.29) is 28.7 Å². The van der Waals surface area contributed by atoms with Crippen LogP contribution in [0, 0.1) is 5.92 Å². The predicted molar refractivity (Wildman–Crippen MR) is 97.8 cm³/mol. The third kappa shape index (κ3) is 2.33. The van der Waals surface area contributed by atoms with Gasteiger partial charge in [-0.25, -0.2) is 4.98 Å². The van der Waals surface area contributed by atoms with Gasteiger partial charge in [0.05, 0.1) is 12.1 Å². The Morgan fingerprint density at radius 1 is 1.29 bits per heavy atom. The molecule has 8 heteroatoms. The number of furan rings is 1. The molecule has 2 aromatic heterocycles. The van der Waals surface area contributed by atoms with Gasteiger partial charge in [-0.15, -0.1) is 0 Å². The van der Waals surface area contributed by atoms with Crippen molar-refractivity contribution in [2.24, 2.45) is 5.92 Å². The summed E-state index contributed by atoms with van der Waals surface area (Å²) in [5.41, 5.74) is 0.200. The standard InChI is InChI=1S/C20H18F3N3O2/c1-10-12-4-3-5-14(12)26-16(9-25(10)2)24-17-13-7-6-11(20(21,22)23)8-15(13)28-18(17)19(26)27/h6-8,12,14H,1,3-5,9H2,2H3/t12-,14+/m1/s1. The number of alkyl halides is 3. The maximum Gasteiger partial charge on any atom is 0.416 e. The molecule has 0 N–H and O–H groups in total. The zero-order valence-electron chi connectivity index (χ0n) is 15.2. The quantitative estimate of drug-likeness (QED) is 0.570. The Morgan fingerprint density at radius 3 is 2.82 bits per heavy atom. The van der Waals surface area contributed by atoms with Crippen LogP contribution in [0.3, 0.4) is 0 Å². The van der Waals surface area contributed by atoms with E-state index >= 15 is 0 Å². The van der Waals surface area contributed by atoms with Crippen molar-refractivity contribution in [1.29, 1.82) is 0 Å². The summed E-state index contributed by atoms with van der Waals surface area (Å²) in [5, 5.41) is 0.414. The molecule has 5 rings (SSSR count). The van der Waals surface area contributed by atoms with Gasteiger partial charge in [0.2, 0.25) is 5.58 Å². The fraction of sp³-hybridized carbons (Fsp3) is 0.400. The number of nitrogens with zero attached hydrogens (tertiary/aromatic N) is 3. The highest BCUT2D eigenvalue weighted by Crippen LogP contribution is 2.43. The lowest BCUT2D eigenvalue weighted by Gasteiger charge is -2.24. The summed E-state index contributed by atoms with van der Waals surface area (Å²) < 4.78 is 46.4. The average molecular weight is 389 g/mol. The van der Waals surface area contributed by atoms with Crippen molar-refractivity contribution in [3.8, 4) is 0 Å². The lowest BCUT2D eigenvalue weighted by Crippen LogP contribution is -2.29. The molecule has 0 bridgehead atoms. The molecule has 1 aromatic carbocycles. The first-order valence-electron chi connectivity index (χ1n) is 9.20. The monoisotopic (exact) mass is 389 g/mol. The van der Waals surface area contributed by atoms with Gasteiger partial charge in [0.1, 0.15) is 16.9 Å². The zero-order valence-corrected chi connectivity index (χ0v) is 15.2. The molecule has 28 heavy (non-hydrogen) atoms. The first-order chi connectivity index (χ1) is 13.3. The Labute approximate surface area is 158 Å². The highest BCUT2D eigenvalue weighted by atomic mass is 19.4. The number of halogens is 3. The van der Waals surface area contributed by atoms with Crippen molar-refractivity contribution in [1.82, 2.24) is 14.5 Å². The molecule has 1 aliphatic carbocycles. The lowest BCUT2D eigenvalue weighted by molar-refractivity contribution is -0.137. The summed E-state index contributed by atoms with van der Waals surface area (Å²) in [4.78, 5) is 20.0. The molecule has 3 heterocycles. The normalized spacial score (nSPS) is 22.6. The van der Waals surface area contributed by atoms with Crippen LogP contribution in [-0.2, 0) is 12.7 Å². The van der Waals surface area contributed by atoms with Crippen LogP contribution in [0.5, 0.6) is 0 Å². The van der Waals surface area contributed by atoms with Crippen LogP contribution in [0.25, 0.3) is 22.1 Å². The summed E-state index contributed by atoms with van der Waals surface area (Å²) in [5.74, 6) is 0.752. The molecule has 2 aliphatic rings. The van der Waals surface area contributed by atoms with E-state index in [1.807, 2.05) is 11.9 Å². The van der Waals surface area contributed by atoms with Crippen molar-refractivity contribution < 1.29 is 17.6 Å². The number of allylic oxidation sites excluding steroid dienone is 1. The summed E-state index contributed by atoms with van der Waals surface area (Å²) in [7, 11) is 1.92. The Bertz CT molecular complexity index is 1190. The molecule has 3 aromatic rings. The van der Waals surface area contributed by atoms with Gasteiger partial charge in [0.15, 0.2) is 0 Å². The van der Waals surface area contributed by atoms with Gasteiger partial charge in [-0.2, -0.15) is 13.2 Å². The fourth-order valence-electron chi connectivity index (χ4n) is 4.61. The van der Waals surface area contributed by atoms with Crippen molar-refractivity contribution in [2.45, 2.75) is 38.0 Å². The molecule has 0 radical (unpaired) electrons. The first kappa shape index (κ1) is 17.3. The number of hydrogen-bond donors (Lipinski definition) is 0. The number of aromatic nitrogens is 2. The van der Waals surface area contributed by atoms with Crippen LogP contribution in [-0.4, -0.2) is 21.5 Å². The minimum absolute atomic E-state index is 0.0129. The van der Waals surface area contributed by atoms with E-state index in [1.54, 1.807) is 4.57 Å². The van der Waals surface area contributed by atoms with E-state index in [9.17, 15) is 18.0 Å². The second-order valence-corrected chi connectivity index (χ2v) is 7.64. The lowest BCUT2D eigenvalue weighted by atomic mass is 10.00. The van der Waals surface area contributed by atoms with Gasteiger partial charge in [0.25, 0.3) is 5.56 Å². The second kappa shape index (κ2) is 5.62. The third-order valence-electron chi connectivity index (χ3n) is 6.03. The van der Waals surface area contributed by atoms with E-state index in [2.05, 4.69) is 11.6 Å². The van der Waals surface area contributed by atoms with Crippen LogP contribution in [0.15, 0.2) is 39.7 Å². The minimum atomic E-state index is -4.48. The maximum absolute atomic E-state index is 13.3. The van der Waals surface area contributed by atoms with Crippen molar-refractivity contribution >= 4 is 22.1 Å². The SMILES string of the molecule is C=C1[C@H]2CCC[C@@H]2n2c(nc3c(oc4cc(C(F)(F)F)ccc43)c2=O)CN1C. The van der Waals surface area contributed by atoms with Crippen molar-refractivity contribution in [3.05, 3.63) is 52.2 Å². The van der Waals surface area contributed by atoms with Crippen LogP contribution in [0.2, 0.25) is 0 Å². The smallest absolute Gasteiger partial charge is 0.416 e. The summed E-state index contributed by atoms with van der Waals surface area (Å²) in [6.07, 6.45) is -1.70. The van der Waals surface area contributed by atoms with Gasteiger partial charge in [0, 0.05) is 30.1 Å². The van der Waals surface area contributed by atoms with Gasteiger partial charge in [-0.3, -0.25) is 9.36 Å². The summed E-state index contributed by atoms with van der Waals surface area (Å²) >= 11 is 0. The number of benzene rings is 1. The Kier molecular flexibility index (Phi) is 3.48. The van der Waals surface area contributed by atoms with Gasteiger partial charge < -0.3 is 9.32 Å². The van der Waals surface area contributed by atoms with Crippen LogP contribution >= 0.6 is 0 Å². The second-order valence-electron chi connectivity index (χ2n) is 7.64. The van der Waals surface area contributed by atoms with Gasteiger partial charge in [-0.1, -0.05) is 13.0 Å². The molecule has 1 saturated carbocycles. The van der Waals surface area contributed by atoms with E-state index in [0.29, 0.717) is 23.3 Å². The zero-order chi connectivity index (χ0) is 19.8. The van der Waals surface area contributed by atoms with Gasteiger partial charge in [-0.05, 0) is 31.0 Å². The molecule has 0 saturated heterocycles. The first-order valence-corrected chi connectivity index (χ1v) is 9.20. The molecule has 0 unspecified atom stereocenters. The Morgan fingerprint density at radius 2 is 2.07 bits per heavy atom. The highest BCUT2D eigenvalue weighted by Gasteiger charge is 2.38. The summed E-state index contributed by atoms with van der Waals surface area (Å²) in [6, 6.07) is 3.20. The number of hydrogen-bond acceptors (Lipinski definition) is 4. The molecule has 0 spiro atoms. The van der Waals surface area contributed by atoms with Crippen LogP contribution in [0.4, 0.5) is 13.2 Å². The molecule has 5 nitrogen and oxygen atoms in total. The molecule has 1 aliphatic heterocycles. The van der Waals surface area contributed by atoms with E-state index in [0.717, 1.165) is 37.1 Å². The minimum Gasteiger partial charge on any atom is -0.448 e. The third-order valence-corrected chi connectivity index (χ3v) is 6.03. The van der Waals surface area contributed by atoms with Crippen LogP contribution < -0.4 is 5.56 Å². The molecule has 1 fully saturated rings. The van der Waals surface area contributed by atoms with Crippen molar-refractivity contribution in [3.63, 3.8) is 0 Å². The largest absolute Gasteiger partial charge is 0.448 e. The number of rotatable bonds is 0. The Balaban J connectivity index is 1.79. The van der Waals surface area contributed by atoms with E-state index in [1.165, 1.54) is 6.07 Å². The molecular weight excluding hydrogens is 371 g/mol. The van der Waals surface area contributed by atoms with E-state index < -0.39 is 11.7 Å². The topological polar surface area (TPSA) is 51.3 Å². The summed E-state index contributed by atoms with van der Waals surface area (Å²) in [6.45, 7) is 4.62. The highest BCUT2D eigenvalue weighted by molar-refractivity contribution is 6.02. The predicted octanol–water partition coefficient (Wildman–Crippen LogP) is 4.46. The van der Waals surface area contributed by atoms with Crippen molar-refractivity contribution in [2.75, 3.05) is 7.05 Å². The number of fused-ring (bicyclic) bond motifs is 6. The Hall–Kier alpha value is -2.77. The van der Waals surface area contributed by atoms with E-state index in [4.69, 9.17) is 4.42 Å². The molecule has 146 valence electrons. The fourth-order valence-corrected chi connectivity index (χ4v) is 4.61. The molecule has 0 amide bonds. The van der Waals surface area contributed by atoms with Gasteiger partial charge >= 0.3 is 6.18 Å². The molecule has 2 atom stereocenters. The molecular formula is C20H18F3N3O2. The van der Waals surface area contributed by atoms with Crippen LogP contribution in [0.1, 0.15) is 36.7 Å².